The maximum Gasteiger partial charge on any atom is 0.335 e. The summed E-state index contributed by atoms with van der Waals surface area (Å²) in [5.74, 6) is -1.18. The van der Waals surface area contributed by atoms with Gasteiger partial charge in [0.2, 0.25) is 0 Å². The lowest BCUT2D eigenvalue weighted by Gasteiger charge is -2.09. The summed E-state index contributed by atoms with van der Waals surface area (Å²) < 4.78 is 0. The topological polar surface area (TPSA) is 66.4 Å². The second kappa shape index (κ2) is 6.02. The van der Waals surface area contributed by atoms with Gasteiger partial charge in [-0.1, -0.05) is 25.1 Å². The Morgan fingerprint density at radius 2 is 1.70 bits per heavy atom. The number of hydrogen-bond acceptors (Lipinski definition) is 2. The van der Waals surface area contributed by atoms with Gasteiger partial charge < -0.3 is 10.4 Å². The summed E-state index contributed by atoms with van der Waals surface area (Å²) in [5.41, 5.74) is 2.38. The van der Waals surface area contributed by atoms with Crippen molar-refractivity contribution in [2.75, 3.05) is 5.32 Å². The fourth-order valence-corrected chi connectivity index (χ4v) is 1.94. The van der Waals surface area contributed by atoms with Crippen LogP contribution in [0.15, 0.2) is 48.5 Å². The molecule has 2 aromatic carbocycles. The van der Waals surface area contributed by atoms with E-state index in [1.54, 1.807) is 18.2 Å². The third-order valence-electron chi connectivity index (χ3n) is 3.03. The van der Waals surface area contributed by atoms with E-state index in [2.05, 4.69) is 5.32 Å². The monoisotopic (exact) mass is 269 g/mol. The van der Waals surface area contributed by atoms with Crippen LogP contribution in [0.5, 0.6) is 0 Å². The highest BCUT2D eigenvalue weighted by atomic mass is 16.4. The molecular formula is C16H15NO3. The highest BCUT2D eigenvalue weighted by molar-refractivity contribution is 6.05. The van der Waals surface area contributed by atoms with E-state index < -0.39 is 5.97 Å². The number of benzene rings is 2. The normalized spacial score (nSPS) is 10.1. The summed E-state index contributed by atoms with van der Waals surface area (Å²) in [6.45, 7) is 1.99. The van der Waals surface area contributed by atoms with Crippen LogP contribution in [0.25, 0.3) is 0 Å². The van der Waals surface area contributed by atoms with E-state index in [0.29, 0.717) is 11.3 Å². The van der Waals surface area contributed by atoms with Crippen LogP contribution in [-0.2, 0) is 6.42 Å². The zero-order valence-corrected chi connectivity index (χ0v) is 11.1. The highest BCUT2D eigenvalue weighted by Crippen LogP contribution is 2.14. The molecule has 2 rings (SSSR count). The Balaban J connectivity index is 2.17. The number of rotatable bonds is 4. The van der Waals surface area contributed by atoms with Crippen molar-refractivity contribution in [1.82, 2.24) is 0 Å². The first kappa shape index (κ1) is 13.8. The van der Waals surface area contributed by atoms with E-state index in [0.717, 1.165) is 12.0 Å². The minimum Gasteiger partial charge on any atom is -0.478 e. The lowest BCUT2D eigenvalue weighted by molar-refractivity contribution is 0.0696. The van der Waals surface area contributed by atoms with Gasteiger partial charge in [-0.05, 0) is 42.3 Å². The van der Waals surface area contributed by atoms with E-state index in [4.69, 9.17) is 5.11 Å². The van der Waals surface area contributed by atoms with Gasteiger partial charge in [0.05, 0.1) is 5.56 Å². The van der Waals surface area contributed by atoms with E-state index in [1.807, 2.05) is 25.1 Å². The zero-order valence-electron chi connectivity index (χ0n) is 11.1. The van der Waals surface area contributed by atoms with Crippen molar-refractivity contribution in [1.29, 1.82) is 0 Å². The van der Waals surface area contributed by atoms with E-state index in [-0.39, 0.29) is 11.5 Å². The van der Waals surface area contributed by atoms with Gasteiger partial charge in [0.25, 0.3) is 5.91 Å². The minimum absolute atomic E-state index is 0.189. The molecule has 0 bridgehead atoms. The molecule has 2 aromatic rings. The largest absolute Gasteiger partial charge is 0.478 e. The van der Waals surface area contributed by atoms with E-state index in [1.165, 1.54) is 12.1 Å². The fourth-order valence-electron chi connectivity index (χ4n) is 1.94. The number of aryl methyl sites for hydroxylation is 1. The number of aromatic carboxylic acids is 1. The van der Waals surface area contributed by atoms with Gasteiger partial charge >= 0.3 is 5.97 Å². The summed E-state index contributed by atoms with van der Waals surface area (Å²) in [7, 11) is 0. The van der Waals surface area contributed by atoms with Gasteiger partial charge in [-0.25, -0.2) is 4.79 Å². The van der Waals surface area contributed by atoms with Crippen LogP contribution in [0.2, 0.25) is 0 Å². The number of carbonyl (C=O) groups is 2. The lowest BCUT2D eigenvalue weighted by Crippen LogP contribution is -2.14. The molecule has 0 unspecified atom stereocenters. The summed E-state index contributed by atoms with van der Waals surface area (Å²) >= 11 is 0. The predicted octanol–water partition coefficient (Wildman–Crippen LogP) is 3.20. The van der Waals surface area contributed by atoms with Gasteiger partial charge in [0, 0.05) is 11.3 Å². The summed E-state index contributed by atoms with van der Waals surface area (Å²) in [5, 5.41) is 11.6. The van der Waals surface area contributed by atoms with Gasteiger partial charge in [0.15, 0.2) is 0 Å². The van der Waals surface area contributed by atoms with Crippen LogP contribution in [0.3, 0.4) is 0 Å². The van der Waals surface area contributed by atoms with Crippen LogP contribution in [0.4, 0.5) is 5.69 Å². The van der Waals surface area contributed by atoms with Crippen molar-refractivity contribution in [3.8, 4) is 0 Å². The number of carboxylic acid groups (broad SMARTS) is 1. The molecule has 102 valence electrons. The molecule has 0 aliphatic rings. The van der Waals surface area contributed by atoms with Crippen LogP contribution in [0.1, 0.15) is 33.2 Å². The number of nitrogens with one attached hydrogen (secondary N) is 1. The quantitative estimate of drug-likeness (QED) is 0.895. The Kier molecular flexibility index (Phi) is 4.15. The number of carbonyl (C=O) groups excluding carboxylic acids is 1. The summed E-state index contributed by atoms with van der Waals surface area (Å²) in [6.07, 6.45) is 0.779. The first-order valence-corrected chi connectivity index (χ1v) is 6.34. The Morgan fingerprint density at radius 3 is 2.30 bits per heavy atom. The first-order chi connectivity index (χ1) is 9.61. The molecule has 2 N–H and O–H groups in total. The Labute approximate surface area is 117 Å². The van der Waals surface area contributed by atoms with Crippen molar-refractivity contribution in [3.63, 3.8) is 0 Å². The molecule has 4 heteroatoms. The first-order valence-electron chi connectivity index (χ1n) is 6.34. The van der Waals surface area contributed by atoms with Crippen LogP contribution < -0.4 is 5.32 Å². The molecular weight excluding hydrogens is 254 g/mol. The molecule has 1 amide bonds. The third kappa shape index (κ3) is 3.03. The average molecular weight is 269 g/mol. The average Bonchev–Trinajstić information content (AvgIpc) is 2.47. The molecule has 20 heavy (non-hydrogen) atoms. The molecule has 0 saturated carbocycles. The molecule has 0 spiro atoms. The lowest BCUT2D eigenvalue weighted by atomic mass is 10.0. The summed E-state index contributed by atoms with van der Waals surface area (Å²) in [4.78, 5) is 22.9. The Morgan fingerprint density at radius 1 is 1.05 bits per heavy atom. The molecule has 0 aliphatic carbocycles. The molecule has 4 nitrogen and oxygen atoms in total. The van der Waals surface area contributed by atoms with E-state index >= 15 is 0 Å². The van der Waals surface area contributed by atoms with Gasteiger partial charge in [0.1, 0.15) is 0 Å². The number of hydrogen-bond donors (Lipinski definition) is 2. The fraction of sp³-hybridized carbons (Fsp3) is 0.125. The summed E-state index contributed by atoms with van der Waals surface area (Å²) in [6, 6.07) is 13.5. The smallest absolute Gasteiger partial charge is 0.335 e. The molecule has 0 radical (unpaired) electrons. The van der Waals surface area contributed by atoms with E-state index in [9.17, 15) is 9.59 Å². The Bertz CT molecular complexity index is 632. The van der Waals surface area contributed by atoms with Crippen molar-refractivity contribution in [3.05, 3.63) is 65.2 Å². The standard InChI is InChI=1S/C16H15NO3/c1-2-11-5-3-4-6-14(11)15(18)17-13-9-7-12(8-10-13)16(19)20/h3-10H,2H2,1H3,(H,17,18)(H,19,20). The van der Waals surface area contributed by atoms with Crippen molar-refractivity contribution < 1.29 is 14.7 Å². The third-order valence-corrected chi connectivity index (χ3v) is 3.03. The van der Waals surface area contributed by atoms with Crippen molar-refractivity contribution >= 4 is 17.6 Å². The van der Waals surface area contributed by atoms with Crippen LogP contribution in [-0.4, -0.2) is 17.0 Å². The molecule has 0 saturated heterocycles. The van der Waals surface area contributed by atoms with Crippen molar-refractivity contribution in [2.45, 2.75) is 13.3 Å². The SMILES string of the molecule is CCc1ccccc1C(=O)Nc1ccc(C(=O)O)cc1. The molecule has 0 fully saturated rings. The molecule has 0 aromatic heterocycles. The van der Waals surface area contributed by atoms with Gasteiger partial charge in [-0.2, -0.15) is 0 Å². The maximum atomic E-state index is 12.2. The number of anilines is 1. The number of carboxylic acids is 1. The highest BCUT2D eigenvalue weighted by Gasteiger charge is 2.10. The molecule has 0 heterocycles. The van der Waals surface area contributed by atoms with Gasteiger partial charge in [-0.15, -0.1) is 0 Å². The zero-order chi connectivity index (χ0) is 14.5. The second-order valence-corrected chi connectivity index (χ2v) is 4.35. The molecule has 0 atom stereocenters. The second-order valence-electron chi connectivity index (χ2n) is 4.35. The number of amides is 1. The minimum atomic E-state index is -0.987. The van der Waals surface area contributed by atoms with Crippen molar-refractivity contribution in [2.24, 2.45) is 0 Å². The maximum absolute atomic E-state index is 12.2. The van der Waals surface area contributed by atoms with Gasteiger partial charge in [-0.3, -0.25) is 4.79 Å². The predicted molar refractivity (Wildman–Crippen MR) is 77.2 cm³/mol. The Hall–Kier alpha value is -2.62. The van der Waals surface area contributed by atoms with Crippen LogP contribution >= 0.6 is 0 Å². The van der Waals surface area contributed by atoms with Crippen LogP contribution in [0, 0.1) is 0 Å². The molecule has 0 aliphatic heterocycles.